The molecule has 1 heterocycles. The van der Waals surface area contributed by atoms with Crippen LogP contribution in [-0.2, 0) is 16.0 Å². The first kappa shape index (κ1) is 20.1. The van der Waals surface area contributed by atoms with Gasteiger partial charge >= 0.3 is 11.8 Å². The van der Waals surface area contributed by atoms with Crippen molar-refractivity contribution in [2.45, 2.75) is 46.0 Å². The zero-order chi connectivity index (χ0) is 18.8. The first-order chi connectivity index (χ1) is 12.7. The maximum Gasteiger partial charge on any atom is 0.311 e. The first-order valence-electron chi connectivity index (χ1n) is 9.61. The number of benzene rings is 1. The maximum atomic E-state index is 12.2. The highest BCUT2D eigenvalue weighted by atomic mass is 16.5. The summed E-state index contributed by atoms with van der Waals surface area (Å²) >= 11 is 0. The summed E-state index contributed by atoms with van der Waals surface area (Å²) in [6.45, 7) is 6.78. The fraction of sp³-hybridized carbons (Fsp3) is 0.600. The second-order valence-electron chi connectivity index (χ2n) is 6.36. The van der Waals surface area contributed by atoms with Crippen LogP contribution in [0.25, 0.3) is 0 Å². The number of hydrogen-bond acceptors (Lipinski definition) is 4. The predicted molar refractivity (Wildman–Crippen MR) is 101 cm³/mol. The van der Waals surface area contributed by atoms with Crippen molar-refractivity contribution >= 4 is 11.8 Å². The standard InChI is InChI=1S/C20H30N2O4/c1-3-25-17-10-9-16(15-18(17)26-4-2)11-12-21-19(23)20(24)22-13-7-5-6-8-14-22/h9-10,15H,3-8,11-14H2,1-2H3,(H,21,23). The Bertz CT molecular complexity index is 595. The fourth-order valence-electron chi connectivity index (χ4n) is 3.06. The summed E-state index contributed by atoms with van der Waals surface area (Å²) in [5.41, 5.74) is 1.03. The van der Waals surface area contributed by atoms with Crippen LogP contribution >= 0.6 is 0 Å². The van der Waals surface area contributed by atoms with Crippen LogP contribution in [0.3, 0.4) is 0 Å². The molecule has 6 heteroatoms. The number of carbonyl (C=O) groups is 2. The van der Waals surface area contributed by atoms with Crippen molar-refractivity contribution in [3.63, 3.8) is 0 Å². The van der Waals surface area contributed by atoms with Crippen molar-refractivity contribution in [3.8, 4) is 11.5 Å². The van der Waals surface area contributed by atoms with Gasteiger partial charge in [-0.25, -0.2) is 0 Å². The molecular weight excluding hydrogens is 332 g/mol. The third-order valence-corrected chi connectivity index (χ3v) is 4.39. The highest BCUT2D eigenvalue weighted by molar-refractivity contribution is 6.35. The Morgan fingerprint density at radius 2 is 1.65 bits per heavy atom. The van der Waals surface area contributed by atoms with Gasteiger partial charge < -0.3 is 19.7 Å². The summed E-state index contributed by atoms with van der Waals surface area (Å²) in [4.78, 5) is 26.0. The number of nitrogens with zero attached hydrogens (tertiary/aromatic N) is 1. The van der Waals surface area contributed by atoms with Gasteiger partial charge in [0.2, 0.25) is 0 Å². The van der Waals surface area contributed by atoms with E-state index in [1.54, 1.807) is 4.90 Å². The Balaban J connectivity index is 1.85. The molecular formula is C20H30N2O4. The molecule has 1 aromatic carbocycles. The minimum atomic E-state index is -0.511. The third-order valence-electron chi connectivity index (χ3n) is 4.39. The lowest BCUT2D eigenvalue weighted by atomic mass is 10.1. The summed E-state index contributed by atoms with van der Waals surface area (Å²) in [7, 11) is 0. The molecule has 6 nitrogen and oxygen atoms in total. The van der Waals surface area contributed by atoms with Crippen LogP contribution in [0, 0.1) is 0 Å². The molecule has 1 N–H and O–H groups in total. The monoisotopic (exact) mass is 362 g/mol. The molecule has 2 rings (SSSR count). The average molecular weight is 362 g/mol. The molecule has 2 amide bonds. The number of likely N-dealkylation sites (tertiary alicyclic amines) is 1. The Kier molecular flexibility index (Phi) is 8.25. The van der Waals surface area contributed by atoms with Crippen LogP contribution in [0.4, 0.5) is 0 Å². The quantitative estimate of drug-likeness (QED) is 0.757. The van der Waals surface area contributed by atoms with E-state index in [0.717, 1.165) is 37.0 Å². The lowest BCUT2D eigenvalue weighted by molar-refractivity contribution is -0.145. The molecule has 1 aromatic rings. The highest BCUT2D eigenvalue weighted by Crippen LogP contribution is 2.28. The van der Waals surface area contributed by atoms with Crippen LogP contribution in [0.2, 0.25) is 0 Å². The Labute approximate surface area is 155 Å². The minimum absolute atomic E-state index is 0.409. The van der Waals surface area contributed by atoms with E-state index in [2.05, 4.69) is 5.32 Å². The number of ether oxygens (including phenoxy) is 2. The van der Waals surface area contributed by atoms with Crippen molar-refractivity contribution in [3.05, 3.63) is 23.8 Å². The van der Waals surface area contributed by atoms with Gasteiger partial charge in [-0.3, -0.25) is 9.59 Å². The summed E-state index contributed by atoms with van der Waals surface area (Å²) in [5, 5.41) is 2.74. The van der Waals surface area contributed by atoms with Crippen LogP contribution in [0.5, 0.6) is 11.5 Å². The van der Waals surface area contributed by atoms with Gasteiger partial charge in [-0.15, -0.1) is 0 Å². The Morgan fingerprint density at radius 1 is 1.00 bits per heavy atom. The molecule has 0 saturated carbocycles. The van der Waals surface area contributed by atoms with Gasteiger partial charge in [0, 0.05) is 19.6 Å². The van der Waals surface area contributed by atoms with Gasteiger partial charge in [0.1, 0.15) is 0 Å². The summed E-state index contributed by atoms with van der Waals surface area (Å²) in [6, 6.07) is 5.77. The van der Waals surface area contributed by atoms with Crippen molar-refractivity contribution in [2.75, 3.05) is 32.8 Å². The van der Waals surface area contributed by atoms with E-state index < -0.39 is 11.8 Å². The normalized spacial score (nSPS) is 14.5. The van der Waals surface area contributed by atoms with Gasteiger partial charge in [-0.05, 0) is 50.8 Å². The van der Waals surface area contributed by atoms with Crippen LogP contribution in [-0.4, -0.2) is 49.6 Å². The fourth-order valence-corrected chi connectivity index (χ4v) is 3.06. The summed E-state index contributed by atoms with van der Waals surface area (Å²) in [6.07, 6.45) is 4.85. The lowest BCUT2D eigenvalue weighted by Crippen LogP contribution is -2.43. The van der Waals surface area contributed by atoms with Crippen molar-refractivity contribution in [1.82, 2.24) is 10.2 Å². The van der Waals surface area contributed by atoms with E-state index in [1.807, 2.05) is 32.0 Å². The van der Waals surface area contributed by atoms with Gasteiger partial charge in [0.05, 0.1) is 13.2 Å². The van der Waals surface area contributed by atoms with Crippen LogP contribution < -0.4 is 14.8 Å². The van der Waals surface area contributed by atoms with Crippen molar-refractivity contribution < 1.29 is 19.1 Å². The van der Waals surface area contributed by atoms with Crippen molar-refractivity contribution in [1.29, 1.82) is 0 Å². The molecule has 0 atom stereocenters. The number of rotatable bonds is 7. The van der Waals surface area contributed by atoms with Crippen molar-refractivity contribution in [2.24, 2.45) is 0 Å². The van der Waals surface area contributed by atoms with E-state index in [-0.39, 0.29) is 0 Å². The molecule has 0 radical (unpaired) electrons. The number of nitrogens with one attached hydrogen (secondary N) is 1. The molecule has 0 aliphatic carbocycles. The highest BCUT2D eigenvalue weighted by Gasteiger charge is 2.22. The van der Waals surface area contributed by atoms with Gasteiger partial charge in [0.15, 0.2) is 11.5 Å². The lowest BCUT2D eigenvalue weighted by Gasteiger charge is -2.19. The predicted octanol–water partition coefficient (Wildman–Crippen LogP) is 2.55. The molecule has 0 unspecified atom stereocenters. The average Bonchev–Trinajstić information content (AvgIpc) is 2.93. The summed E-state index contributed by atoms with van der Waals surface area (Å²) < 4.78 is 11.2. The molecule has 1 fully saturated rings. The number of carbonyl (C=O) groups excluding carboxylic acids is 2. The summed E-state index contributed by atoms with van der Waals surface area (Å²) in [5.74, 6) is 0.508. The number of amides is 2. The van der Waals surface area contributed by atoms with E-state index in [9.17, 15) is 9.59 Å². The number of hydrogen-bond donors (Lipinski definition) is 1. The van der Waals surface area contributed by atoms with Crippen LogP contribution in [0.15, 0.2) is 18.2 Å². The molecule has 0 bridgehead atoms. The minimum Gasteiger partial charge on any atom is -0.490 e. The zero-order valence-corrected chi connectivity index (χ0v) is 15.9. The second kappa shape index (κ2) is 10.7. The largest absolute Gasteiger partial charge is 0.490 e. The Hall–Kier alpha value is -2.24. The van der Waals surface area contributed by atoms with E-state index in [0.29, 0.717) is 45.0 Å². The topological polar surface area (TPSA) is 67.9 Å². The molecule has 1 saturated heterocycles. The second-order valence-corrected chi connectivity index (χ2v) is 6.36. The van der Waals surface area contributed by atoms with E-state index in [1.165, 1.54) is 0 Å². The molecule has 1 aliphatic heterocycles. The first-order valence-corrected chi connectivity index (χ1v) is 9.61. The third kappa shape index (κ3) is 5.93. The maximum absolute atomic E-state index is 12.2. The van der Waals surface area contributed by atoms with Gasteiger partial charge in [-0.1, -0.05) is 18.9 Å². The smallest absolute Gasteiger partial charge is 0.311 e. The van der Waals surface area contributed by atoms with E-state index in [4.69, 9.17) is 9.47 Å². The molecule has 0 aromatic heterocycles. The Morgan fingerprint density at radius 3 is 2.31 bits per heavy atom. The zero-order valence-electron chi connectivity index (χ0n) is 15.9. The molecule has 0 spiro atoms. The van der Waals surface area contributed by atoms with E-state index >= 15 is 0 Å². The van der Waals surface area contributed by atoms with Gasteiger partial charge in [0.25, 0.3) is 0 Å². The molecule has 26 heavy (non-hydrogen) atoms. The SMILES string of the molecule is CCOc1ccc(CCNC(=O)C(=O)N2CCCCCC2)cc1OCC. The van der Waals surface area contributed by atoms with Gasteiger partial charge in [-0.2, -0.15) is 0 Å². The molecule has 1 aliphatic rings. The van der Waals surface area contributed by atoms with Crippen LogP contribution in [0.1, 0.15) is 45.1 Å². The molecule has 144 valence electrons.